The number of alkyl halides is 3. The molecule has 0 spiro atoms. The maximum absolute atomic E-state index is 13.2. The molecule has 1 fully saturated rings. The van der Waals surface area contributed by atoms with Crippen LogP contribution in [0.3, 0.4) is 0 Å². The molecule has 4 nitrogen and oxygen atoms in total. The molecule has 0 atom stereocenters. The average molecular weight is 421 g/mol. The molecule has 4 heterocycles. The van der Waals surface area contributed by atoms with E-state index in [1.807, 2.05) is 16.8 Å². The average Bonchev–Trinajstić information content (AvgIpc) is 3.26. The minimum Gasteiger partial charge on any atom is -0.369 e. The third-order valence-electron chi connectivity index (χ3n) is 5.56. The highest BCUT2D eigenvalue weighted by molar-refractivity contribution is 7.08. The van der Waals surface area contributed by atoms with Crippen molar-refractivity contribution in [1.29, 1.82) is 0 Å². The van der Waals surface area contributed by atoms with Crippen LogP contribution in [0.2, 0.25) is 0 Å². The second-order valence-electron chi connectivity index (χ2n) is 7.38. The zero-order chi connectivity index (χ0) is 20.4. The Morgan fingerprint density at radius 3 is 2.66 bits per heavy atom. The van der Waals surface area contributed by atoms with E-state index in [0.717, 1.165) is 50.7 Å². The fourth-order valence-corrected chi connectivity index (χ4v) is 4.45. The number of hydrogen-bond donors (Lipinski definition) is 1. The first kappa shape index (κ1) is 20.1. The summed E-state index contributed by atoms with van der Waals surface area (Å²) in [4.78, 5) is 10.9. The lowest BCUT2D eigenvalue weighted by atomic mass is 9.97. The van der Waals surface area contributed by atoms with Crippen LogP contribution in [-0.2, 0) is 6.18 Å². The second-order valence-corrected chi connectivity index (χ2v) is 8.16. The lowest BCUT2D eigenvalue weighted by Gasteiger charge is -2.31. The number of hydrogen-bond acceptors (Lipinski definition) is 5. The quantitative estimate of drug-likeness (QED) is 0.590. The number of thiophene rings is 1. The number of rotatable bonds is 5. The van der Waals surface area contributed by atoms with Crippen molar-refractivity contribution in [3.63, 3.8) is 0 Å². The Morgan fingerprint density at radius 2 is 2.00 bits per heavy atom. The van der Waals surface area contributed by atoms with Crippen molar-refractivity contribution in [2.45, 2.75) is 25.9 Å². The number of anilines is 1. The van der Waals surface area contributed by atoms with Crippen molar-refractivity contribution >= 4 is 28.1 Å². The van der Waals surface area contributed by atoms with Crippen LogP contribution in [0.25, 0.3) is 22.0 Å². The molecule has 8 heteroatoms. The first-order valence-corrected chi connectivity index (χ1v) is 10.8. The SMILES string of the molecule is CCN1CCC(CNc2ncc(-c3ccsc3)c3nc(C(F)(F)F)ccc23)CC1. The zero-order valence-electron chi connectivity index (χ0n) is 16.2. The summed E-state index contributed by atoms with van der Waals surface area (Å²) in [6, 6.07) is 4.39. The van der Waals surface area contributed by atoms with Crippen LogP contribution in [-0.4, -0.2) is 41.0 Å². The Hall–Kier alpha value is -2.19. The first-order valence-electron chi connectivity index (χ1n) is 9.81. The molecule has 0 saturated carbocycles. The van der Waals surface area contributed by atoms with Gasteiger partial charge in [-0.2, -0.15) is 24.5 Å². The highest BCUT2D eigenvalue weighted by Gasteiger charge is 2.33. The molecule has 1 aliphatic heterocycles. The number of nitrogens with one attached hydrogen (secondary N) is 1. The molecule has 4 rings (SSSR count). The summed E-state index contributed by atoms with van der Waals surface area (Å²) < 4.78 is 39.7. The summed E-state index contributed by atoms with van der Waals surface area (Å²) in [5.74, 6) is 1.13. The molecule has 1 N–H and O–H groups in total. The number of fused-ring (bicyclic) bond motifs is 1. The van der Waals surface area contributed by atoms with E-state index in [4.69, 9.17) is 0 Å². The molecule has 0 unspecified atom stereocenters. The van der Waals surface area contributed by atoms with Gasteiger partial charge in [0.15, 0.2) is 0 Å². The van der Waals surface area contributed by atoms with E-state index in [0.29, 0.717) is 28.2 Å². The first-order chi connectivity index (χ1) is 14.0. The smallest absolute Gasteiger partial charge is 0.369 e. The Labute approximate surface area is 171 Å². The fourth-order valence-electron chi connectivity index (χ4n) is 3.79. The van der Waals surface area contributed by atoms with Crippen molar-refractivity contribution in [2.24, 2.45) is 5.92 Å². The molecule has 1 aliphatic rings. The van der Waals surface area contributed by atoms with Crippen molar-refractivity contribution in [2.75, 3.05) is 31.5 Å². The van der Waals surface area contributed by atoms with Crippen LogP contribution >= 0.6 is 11.3 Å². The summed E-state index contributed by atoms with van der Waals surface area (Å²) in [7, 11) is 0. The minimum absolute atomic E-state index is 0.330. The van der Waals surface area contributed by atoms with E-state index in [1.54, 1.807) is 6.20 Å². The Morgan fingerprint density at radius 1 is 1.21 bits per heavy atom. The number of halogens is 3. The van der Waals surface area contributed by atoms with Gasteiger partial charge in [-0.05, 0) is 72.9 Å². The van der Waals surface area contributed by atoms with Crippen molar-refractivity contribution in [1.82, 2.24) is 14.9 Å². The van der Waals surface area contributed by atoms with Gasteiger partial charge in [0.05, 0.1) is 5.52 Å². The van der Waals surface area contributed by atoms with Gasteiger partial charge < -0.3 is 10.2 Å². The monoisotopic (exact) mass is 420 g/mol. The molecule has 0 aliphatic carbocycles. The van der Waals surface area contributed by atoms with Crippen molar-refractivity contribution in [3.8, 4) is 11.1 Å². The molecule has 0 aromatic carbocycles. The third-order valence-corrected chi connectivity index (χ3v) is 6.25. The number of nitrogens with zero attached hydrogens (tertiary/aromatic N) is 3. The van der Waals surface area contributed by atoms with E-state index in [9.17, 15) is 13.2 Å². The molecule has 3 aromatic rings. The van der Waals surface area contributed by atoms with Gasteiger partial charge in [-0.15, -0.1) is 0 Å². The number of aromatic nitrogens is 2. The van der Waals surface area contributed by atoms with E-state index >= 15 is 0 Å². The molecule has 1 saturated heterocycles. The molecule has 29 heavy (non-hydrogen) atoms. The van der Waals surface area contributed by atoms with Crippen molar-refractivity contribution < 1.29 is 13.2 Å². The van der Waals surface area contributed by atoms with Crippen molar-refractivity contribution in [3.05, 3.63) is 40.8 Å². The van der Waals surface area contributed by atoms with Gasteiger partial charge in [-0.1, -0.05) is 6.92 Å². The molecule has 0 bridgehead atoms. The molecule has 0 radical (unpaired) electrons. The summed E-state index contributed by atoms with van der Waals surface area (Å²) in [6.45, 7) is 6.18. The fraction of sp³-hybridized carbons (Fsp3) is 0.429. The molecule has 154 valence electrons. The van der Waals surface area contributed by atoms with Gasteiger partial charge in [0.25, 0.3) is 0 Å². The van der Waals surface area contributed by atoms with Crippen LogP contribution in [0.15, 0.2) is 35.2 Å². The maximum Gasteiger partial charge on any atom is 0.433 e. The van der Waals surface area contributed by atoms with Gasteiger partial charge in [0.1, 0.15) is 11.5 Å². The lowest BCUT2D eigenvalue weighted by molar-refractivity contribution is -0.140. The maximum atomic E-state index is 13.2. The van der Waals surface area contributed by atoms with Crippen LogP contribution in [0.5, 0.6) is 0 Å². The lowest BCUT2D eigenvalue weighted by Crippen LogP contribution is -2.35. The van der Waals surface area contributed by atoms with Crippen LogP contribution in [0.4, 0.5) is 19.0 Å². The summed E-state index contributed by atoms with van der Waals surface area (Å²) >= 11 is 1.49. The zero-order valence-corrected chi connectivity index (χ0v) is 17.0. The number of pyridine rings is 2. The minimum atomic E-state index is -4.48. The summed E-state index contributed by atoms with van der Waals surface area (Å²) in [5, 5.41) is 7.78. The standard InChI is InChI=1S/C21H23F3N4S/c1-2-28-8-5-14(6-9-28)11-25-20-16-3-4-18(21(22,23)24)27-19(16)17(12-26-20)15-7-10-29-13-15/h3-4,7,10,12-14H,2,5-6,8-9,11H2,1H3,(H,25,26). The third kappa shape index (κ3) is 4.38. The molecule has 0 amide bonds. The largest absolute Gasteiger partial charge is 0.433 e. The Kier molecular flexibility index (Phi) is 5.74. The van der Waals surface area contributed by atoms with Crippen LogP contribution in [0, 0.1) is 5.92 Å². The van der Waals surface area contributed by atoms with Gasteiger partial charge in [-0.25, -0.2) is 9.97 Å². The number of piperidine rings is 1. The van der Waals surface area contributed by atoms with Gasteiger partial charge in [0.2, 0.25) is 0 Å². The molecular formula is C21H23F3N4S. The van der Waals surface area contributed by atoms with E-state index in [1.165, 1.54) is 17.4 Å². The Balaban J connectivity index is 1.64. The molecular weight excluding hydrogens is 397 g/mol. The predicted molar refractivity (Wildman–Crippen MR) is 111 cm³/mol. The van der Waals surface area contributed by atoms with E-state index < -0.39 is 11.9 Å². The number of likely N-dealkylation sites (tertiary alicyclic amines) is 1. The highest BCUT2D eigenvalue weighted by Crippen LogP contribution is 2.35. The summed E-state index contributed by atoms with van der Waals surface area (Å²) in [5.41, 5.74) is 0.897. The molecule has 3 aromatic heterocycles. The van der Waals surface area contributed by atoms with Crippen LogP contribution < -0.4 is 5.32 Å². The topological polar surface area (TPSA) is 41.0 Å². The van der Waals surface area contributed by atoms with Gasteiger partial charge >= 0.3 is 6.18 Å². The second kappa shape index (κ2) is 8.28. The highest BCUT2D eigenvalue weighted by atomic mass is 32.1. The summed E-state index contributed by atoms with van der Waals surface area (Å²) in [6.07, 6.45) is -0.631. The van der Waals surface area contributed by atoms with Gasteiger partial charge in [0, 0.05) is 23.7 Å². The van der Waals surface area contributed by atoms with E-state index in [2.05, 4.69) is 27.1 Å². The van der Waals surface area contributed by atoms with Crippen LogP contribution in [0.1, 0.15) is 25.5 Å². The Bertz CT molecular complexity index is 964. The van der Waals surface area contributed by atoms with E-state index in [-0.39, 0.29) is 0 Å². The predicted octanol–water partition coefficient (Wildman–Crippen LogP) is 5.52. The van der Waals surface area contributed by atoms with Gasteiger partial charge in [-0.3, -0.25) is 0 Å². The normalized spacial score (nSPS) is 16.4.